The summed E-state index contributed by atoms with van der Waals surface area (Å²) in [6.07, 6.45) is 0.688. The Hall–Kier alpha value is -4.44. The number of nitrogens with zero attached hydrogens (tertiary/aromatic N) is 3. The van der Waals surface area contributed by atoms with Crippen LogP contribution in [0, 0.1) is 0 Å². The molecule has 10 nitrogen and oxygen atoms in total. The molecule has 46 heavy (non-hydrogen) atoms. The lowest BCUT2D eigenvalue weighted by Crippen LogP contribution is -2.58. The van der Waals surface area contributed by atoms with Gasteiger partial charge in [-0.1, -0.05) is 60.7 Å². The highest BCUT2D eigenvalue weighted by Crippen LogP contribution is 2.27. The molecule has 5 rings (SSSR count). The van der Waals surface area contributed by atoms with Crippen molar-refractivity contribution in [2.75, 3.05) is 25.0 Å². The summed E-state index contributed by atoms with van der Waals surface area (Å²) >= 11 is 0. The van der Waals surface area contributed by atoms with Crippen LogP contribution in [0.1, 0.15) is 52.0 Å². The lowest BCUT2D eigenvalue weighted by molar-refractivity contribution is -0.144. The number of anilines is 1. The second-order valence-corrected chi connectivity index (χ2v) is 13.3. The number of carbonyl (C=O) groups excluding carboxylic acids is 4. The number of amides is 4. The molecule has 0 radical (unpaired) electrons. The van der Waals surface area contributed by atoms with Crippen LogP contribution < -0.4 is 10.2 Å². The standard InChI is InChI=1S/C36H44N4O6/c1-36(2,3)46-35(45)39-19-11-10-16-30(39)34(44)40-23-28(41)22-31(40)32(42)37-29(33(43)38(4)27-14-6-5-7-15-27)21-24-17-18-25-12-8-9-13-26(25)20-24/h5-9,12-15,17-18,20,28-31,41H,10-11,16,19,21-23H2,1-4H3,(H,37,42)/t28-,29+,30+,31+/m1/s1. The van der Waals surface area contributed by atoms with Crippen molar-refractivity contribution in [3.05, 3.63) is 78.4 Å². The van der Waals surface area contributed by atoms with Gasteiger partial charge in [0.15, 0.2) is 0 Å². The number of hydrogen-bond donors (Lipinski definition) is 2. The Bertz CT molecular complexity index is 1570. The summed E-state index contributed by atoms with van der Waals surface area (Å²) < 4.78 is 5.58. The number of likely N-dealkylation sites (tertiary alicyclic amines) is 2. The fourth-order valence-electron chi connectivity index (χ4n) is 6.31. The molecule has 3 aromatic rings. The molecule has 0 saturated carbocycles. The zero-order valence-electron chi connectivity index (χ0n) is 27.0. The van der Waals surface area contributed by atoms with E-state index in [1.165, 1.54) is 14.7 Å². The molecule has 0 aliphatic carbocycles. The second-order valence-electron chi connectivity index (χ2n) is 13.3. The minimum Gasteiger partial charge on any atom is -0.444 e. The van der Waals surface area contributed by atoms with E-state index in [0.717, 1.165) is 29.2 Å². The normalized spacial score (nSPS) is 20.7. The van der Waals surface area contributed by atoms with Crippen LogP contribution in [0.3, 0.4) is 0 Å². The molecule has 2 fully saturated rings. The lowest BCUT2D eigenvalue weighted by atomic mass is 9.99. The van der Waals surface area contributed by atoms with E-state index in [2.05, 4.69) is 5.32 Å². The molecular weight excluding hydrogens is 584 g/mol. The third kappa shape index (κ3) is 7.67. The van der Waals surface area contributed by atoms with E-state index in [9.17, 15) is 24.3 Å². The predicted octanol–water partition coefficient (Wildman–Crippen LogP) is 4.28. The van der Waals surface area contributed by atoms with E-state index in [-0.39, 0.29) is 25.3 Å². The molecule has 244 valence electrons. The van der Waals surface area contributed by atoms with Crippen molar-refractivity contribution in [2.24, 2.45) is 0 Å². The van der Waals surface area contributed by atoms with Crippen LogP contribution in [-0.4, -0.2) is 88.7 Å². The Balaban J connectivity index is 1.38. The first-order valence-electron chi connectivity index (χ1n) is 16.0. The first-order chi connectivity index (χ1) is 21.9. The number of β-amino-alcohol motifs (C(OH)–C–C–N with tert-alkyl or cyclic N) is 1. The lowest BCUT2D eigenvalue weighted by Gasteiger charge is -2.38. The van der Waals surface area contributed by atoms with Gasteiger partial charge in [-0.2, -0.15) is 0 Å². The first kappa shape index (κ1) is 32.9. The molecule has 3 aromatic carbocycles. The van der Waals surface area contributed by atoms with Gasteiger partial charge in [0.05, 0.1) is 6.10 Å². The zero-order chi connectivity index (χ0) is 33.0. The second kappa shape index (κ2) is 13.9. The van der Waals surface area contributed by atoms with Gasteiger partial charge in [-0.3, -0.25) is 19.3 Å². The molecule has 0 bridgehead atoms. The van der Waals surface area contributed by atoms with Crippen molar-refractivity contribution >= 4 is 40.3 Å². The fourth-order valence-corrected chi connectivity index (χ4v) is 6.31. The van der Waals surface area contributed by atoms with Gasteiger partial charge in [-0.05, 0) is 68.5 Å². The molecule has 2 aliphatic heterocycles. The van der Waals surface area contributed by atoms with Gasteiger partial charge in [0.2, 0.25) is 17.7 Å². The van der Waals surface area contributed by atoms with E-state index in [4.69, 9.17) is 4.74 Å². The number of likely N-dealkylation sites (N-methyl/N-ethyl adjacent to an activating group) is 1. The maximum absolute atomic E-state index is 14.0. The van der Waals surface area contributed by atoms with Gasteiger partial charge in [0, 0.05) is 38.7 Å². The van der Waals surface area contributed by atoms with Crippen LogP contribution >= 0.6 is 0 Å². The van der Waals surface area contributed by atoms with E-state index in [1.54, 1.807) is 27.8 Å². The highest BCUT2D eigenvalue weighted by atomic mass is 16.6. The van der Waals surface area contributed by atoms with E-state index in [0.29, 0.717) is 18.7 Å². The average molecular weight is 629 g/mol. The average Bonchev–Trinajstić information content (AvgIpc) is 3.44. The summed E-state index contributed by atoms with van der Waals surface area (Å²) in [5, 5.41) is 15.7. The van der Waals surface area contributed by atoms with Gasteiger partial charge in [-0.15, -0.1) is 0 Å². The first-order valence-corrected chi connectivity index (χ1v) is 16.0. The molecular formula is C36H44N4O6. The van der Waals surface area contributed by atoms with Crippen molar-refractivity contribution in [1.29, 1.82) is 0 Å². The van der Waals surface area contributed by atoms with Crippen molar-refractivity contribution in [2.45, 2.75) is 82.7 Å². The summed E-state index contributed by atoms with van der Waals surface area (Å²) in [7, 11) is 1.67. The number of carbonyl (C=O) groups is 4. The maximum Gasteiger partial charge on any atom is 0.410 e. The Morgan fingerprint density at radius 1 is 0.935 bits per heavy atom. The number of aliphatic hydroxyl groups is 1. The molecule has 2 aliphatic rings. The smallest absolute Gasteiger partial charge is 0.410 e. The molecule has 0 spiro atoms. The summed E-state index contributed by atoms with van der Waals surface area (Å²) in [4.78, 5) is 59.3. The topological polar surface area (TPSA) is 119 Å². The van der Waals surface area contributed by atoms with E-state index >= 15 is 0 Å². The summed E-state index contributed by atoms with van der Waals surface area (Å²) in [5.41, 5.74) is 0.819. The summed E-state index contributed by atoms with van der Waals surface area (Å²) in [5.74, 6) is -1.24. The molecule has 0 aromatic heterocycles. The molecule has 0 unspecified atom stereocenters. The molecule has 10 heteroatoms. The molecule has 2 saturated heterocycles. The number of piperidine rings is 1. The number of aliphatic hydroxyl groups excluding tert-OH is 1. The third-order valence-electron chi connectivity index (χ3n) is 8.62. The largest absolute Gasteiger partial charge is 0.444 e. The summed E-state index contributed by atoms with van der Waals surface area (Å²) in [6, 6.07) is 20.3. The number of para-hydroxylation sites is 1. The SMILES string of the molecule is CN(C(=O)[C@H](Cc1ccc2ccccc2c1)NC(=O)[C@@H]1C[C@@H](O)CN1C(=O)[C@@H]1CCCCN1C(=O)OC(C)(C)C)c1ccccc1. The number of rotatable bonds is 7. The van der Waals surface area contributed by atoms with Crippen LogP contribution in [0.5, 0.6) is 0 Å². The van der Waals surface area contributed by atoms with Crippen LogP contribution in [0.4, 0.5) is 10.5 Å². The number of benzene rings is 3. The highest BCUT2D eigenvalue weighted by molar-refractivity contribution is 6.00. The van der Waals surface area contributed by atoms with Crippen molar-refractivity contribution in [1.82, 2.24) is 15.1 Å². The van der Waals surface area contributed by atoms with Gasteiger partial charge in [0.25, 0.3) is 0 Å². The van der Waals surface area contributed by atoms with E-state index in [1.807, 2.05) is 72.8 Å². The minimum atomic E-state index is -1.00. The number of fused-ring (bicyclic) bond motifs is 1. The molecule has 4 amide bonds. The quantitative estimate of drug-likeness (QED) is 0.403. The monoisotopic (exact) mass is 628 g/mol. The number of ether oxygens (including phenoxy) is 1. The van der Waals surface area contributed by atoms with Gasteiger partial charge < -0.3 is 25.0 Å². The fraction of sp³-hybridized carbons (Fsp3) is 0.444. The Morgan fingerprint density at radius 3 is 2.35 bits per heavy atom. The highest BCUT2D eigenvalue weighted by Gasteiger charge is 2.45. The maximum atomic E-state index is 14.0. The van der Waals surface area contributed by atoms with Crippen LogP contribution in [-0.2, 0) is 25.5 Å². The molecule has 2 heterocycles. The molecule has 2 N–H and O–H groups in total. The van der Waals surface area contributed by atoms with Gasteiger partial charge >= 0.3 is 6.09 Å². The van der Waals surface area contributed by atoms with Crippen LogP contribution in [0.2, 0.25) is 0 Å². The van der Waals surface area contributed by atoms with Gasteiger partial charge in [-0.25, -0.2) is 4.79 Å². The Morgan fingerprint density at radius 2 is 1.63 bits per heavy atom. The van der Waals surface area contributed by atoms with E-state index < -0.39 is 47.7 Å². The van der Waals surface area contributed by atoms with Crippen molar-refractivity contribution in [3.63, 3.8) is 0 Å². The predicted molar refractivity (Wildman–Crippen MR) is 176 cm³/mol. The zero-order valence-corrected chi connectivity index (χ0v) is 27.0. The molecule has 4 atom stereocenters. The van der Waals surface area contributed by atoms with Crippen molar-refractivity contribution < 1.29 is 29.0 Å². The summed E-state index contributed by atoms with van der Waals surface area (Å²) in [6.45, 7) is 5.64. The Kier molecular flexibility index (Phi) is 9.96. The van der Waals surface area contributed by atoms with Crippen LogP contribution in [0.15, 0.2) is 72.8 Å². The number of nitrogens with one attached hydrogen (secondary N) is 1. The Labute approximate surface area is 270 Å². The van der Waals surface area contributed by atoms with Gasteiger partial charge in [0.1, 0.15) is 23.7 Å². The van der Waals surface area contributed by atoms with Crippen molar-refractivity contribution in [3.8, 4) is 0 Å². The number of hydrogen-bond acceptors (Lipinski definition) is 6. The van der Waals surface area contributed by atoms with Crippen LogP contribution in [0.25, 0.3) is 10.8 Å². The third-order valence-corrected chi connectivity index (χ3v) is 8.62. The minimum absolute atomic E-state index is 0.0299.